The van der Waals surface area contributed by atoms with Crippen LogP contribution in [0.2, 0.25) is 0 Å². The molecule has 27 heavy (non-hydrogen) atoms. The molecule has 0 aliphatic heterocycles. The predicted molar refractivity (Wildman–Crippen MR) is 90.4 cm³/mol. The molecule has 7 nitrogen and oxygen atoms in total. The first-order valence-electron chi connectivity index (χ1n) is 7.45. The van der Waals surface area contributed by atoms with Gasteiger partial charge in [-0.25, -0.2) is 14.2 Å². The van der Waals surface area contributed by atoms with E-state index < -0.39 is 22.7 Å². The van der Waals surface area contributed by atoms with Crippen LogP contribution in [0.5, 0.6) is 0 Å². The molecule has 0 aliphatic carbocycles. The molecule has 3 aromatic rings. The second kappa shape index (κ2) is 7.47. The highest BCUT2D eigenvalue weighted by Crippen LogP contribution is 2.31. The Hall–Kier alpha value is -2.76. The molecule has 3 rings (SSSR count). The first-order chi connectivity index (χ1) is 12.7. The van der Waals surface area contributed by atoms with Crippen LogP contribution in [-0.4, -0.2) is 30.9 Å². The monoisotopic (exact) mass is 398 g/mol. The van der Waals surface area contributed by atoms with Crippen LogP contribution < -0.4 is 5.32 Å². The van der Waals surface area contributed by atoms with Gasteiger partial charge in [0.25, 0.3) is 6.01 Å². The average molecular weight is 398 g/mol. The van der Waals surface area contributed by atoms with Gasteiger partial charge in [-0.15, -0.1) is 4.47 Å². The van der Waals surface area contributed by atoms with Crippen molar-refractivity contribution < 1.29 is 27.0 Å². The van der Waals surface area contributed by atoms with Gasteiger partial charge in [-0.2, -0.15) is 13.2 Å². The van der Waals surface area contributed by atoms with Gasteiger partial charge < -0.3 is 14.9 Å². The Morgan fingerprint density at radius 2 is 1.81 bits per heavy atom. The maximum absolute atomic E-state index is 12.6. The number of alkyl halides is 3. The molecule has 0 aliphatic rings. The van der Waals surface area contributed by atoms with Crippen molar-refractivity contribution in [3.63, 3.8) is 0 Å². The summed E-state index contributed by atoms with van der Waals surface area (Å²) in [5.41, 5.74) is 0.178. The van der Waals surface area contributed by atoms with E-state index >= 15 is 0 Å². The molecule has 0 saturated heterocycles. The van der Waals surface area contributed by atoms with Gasteiger partial charge in [0.2, 0.25) is 0 Å². The number of halogens is 3. The summed E-state index contributed by atoms with van der Waals surface area (Å²) >= 11 is 0. The van der Waals surface area contributed by atoms with Gasteiger partial charge in [0.15, 0.2) is 16.7 Å². The molecular weight excluding hydrogens is 385 g/mol. The number of hydrogen-bond acceptors (Lipinski definition) is 6. The van der Waals surface area contributed by atoms with Gasteiger partial charge in [0, 0.05) is 12.6 Å². The Labute approximate surface area is 154 Å². The Morgan fingerprint density at radius 3 is 2.37 bits per heavy atom. The summed E-state index contributed by atoms with van der Waals surface area (Å²) in [7, 11) is -0.553. The van der Waals surface area contributed by atoms with Crippen LogP contribution in [0.4, 0.5) is 24.9 Å². The quantitative estimate of drug-likeness (QED) is 0.635. The summed E-state index contributed by atoms with van der Waals surface area (Å²) in [4.78, 5) is 7.96. The van der Waals surface area contributed by atoms with Crippen LogP contribution in [0.25, 0.3) is 11.3 Å². The Balaban J connectivity index is 1.72. The number of hydrogen-bond donors (Lipinski definition) is 2. The number of rotatable bonds is 5. The molecule has 0 saturated carbocycles. The SMILES string of the molecule is CN(O)S(=O)c1ccc(Nc2ncc(-c3ccc(C(F)(F)F)cc3)o2)cn1. The lowest BCUT2D eigenvalue weighted by atomic mass is 10.1. The summed E-state index contributed by atoms with van der Waals surface area (Å²) in [6.07, 6.45) is -1.65. The highest BCUT2D eigenvalue weighted by atomic mass is 32.2. The molecule has 0 radical (unpaired) electrons. The minimum atomic E-state index is -4.40. The second-order valence-corrected chi connectivity index (χ2v) is 6.77. The normalized spacial score (nSPS) is 13.0. The van der Waals surface area contributed by atoms with E-state index in [9.17, 15) is 17.4 Å². The molecule has 2 N–H and O–H groups in total. The molecule has 0 spiro atoms. The number of hydroxylamine groups is 1. The van der Waals surface area contributed by atoms with Crippen molar-refractivity contribution in [3.8, 4) is 11.3 Å². The maximum atomic E-state index is 12.6. The van der Waals surface area contributed by atoms with Crippen LogP contribution in [0, 0.1) is 0 Å². The average Bonchev–Trinajstić information content (AvgIpc) is 3.09. The molecule has 0 amide bonds. The van der Waals surface area contributed by atoms with E-state index in [0.717, 1.165) is 12.1 Å². The Bertz CT molecular complexity index is 941. The topological polar surface area (TPSA) is 91.5 Å². The fourth-order valence-electron chi connectivity index (χ4n) is 2.11. The van der Waals surface area contributed by atoms with Crippen LogP contribution >= 0.6 is 0 Å². The number of pyridine rings is 1. The van der Waals surface area contributed by atoms with Gasteiger partial charge >= 0.3 is 6.18 Å². The number of nitrogens with one attached hydrogen (secondary N) is 1. The number of aromatic nitrogens is 2. The van der Waals surface area contributed by atoms with E-state index in [2.05, 4.69) is 15.3 Å². The zero-order valence-corrected chi connectivity index (χ0v) is 14.6. The summed E-state index contributed by atoms with van der Waals surface area (Å²) in [5, 5.41) is 12.1. The lowest BCUT2D eigenvalue weighted by molar-refractivity contribution is -0.137. The van der Waals surface area contributed by atoms with Crippen molar-refractivity contribution in [2.45, 2.75) is 11.2 Å². The van der Waals surface area contributed by atoms with E-state index in [1.54, 1.807) is 6.07 Å². The number of anilines is 2. The van der Waals surface area contributed by atoms with Crippen LogP contribution in [-0.2, 0) is 17.2 Å². The van der Waals surface area contributed by atoms with E-state index in [-0.39, 0.29) is 11.0 Å². The predicted octanol–water partition coefficient (Wildman–Crippen LogP) is 3.84. The fourth-order valence-corrected chi connectivity index (χ4v) is 2.70. The fraction of sp³-hybridized carbons (Fsp3) is 0.125. The largest absolute Gasteiger partial charge is 0.423 e. The molecule has 2 heterocycles. The molecule has 2 aromatic heterocycles. The third-order valence-electron chi connectivity index (χ3n) is 3.41. The first-order valence-corrected chi connectivity index (χ1v) is 8.56. The third-order valence-corrected chi connectivity index (χ3v) is 4.49. The number of nitrogens with zero attached hydrogens (tertiary/aromatic N) is 3. The molecule has 1 atom stereocenters. The second-order valence-electron chi connectivity index (χ2n) is 5.33. The Morgan fingerprint density at radius 1 is 1.11 bits per heavy atom. The molecule has 0 bridgehead atoms. The lowest BCUT2D eigenvalue weighted by Gasteiger charge is -2.07. The molecule has 11 heteroatoms. The zero-order valence-electron chi connectivity index (χ0n) is 13.8. The van der Waals surface area contributed by atoms with Gasteiger partial charge in [0.1, 0.15) is 5.03 Å². The van der Waals surface area contributed by atoms with Crippen LogP contribution in [0.1, 0.15) is 5.56 Å². The van der Waals surface area contributed by atoms with E-state index in [1.165, 1.54) is 37.6 Å². The third kappa shape index (κ3) is 4.51. The van der Waals surface area contributed by atoms with E-state index in [4.69, 9.17) is 9.62 Å². The summed E-state index contributed by atoms with van der Waals surface area (Å²) in [6, 6.07) is 7.64. The lowest BCUT2D eigenvalue weighted by Crippen LogP contribution is -2.17. The molecule has 142 valence electrons. The van der Waals surface area contributed by atoms with Crippen molar-refractivity contribution in [3.05, 3.63) is 54.4 Å². The van der Waals surface area contributed by atoms with Gasteiger partial charge in [0.05, 0.1) is 23.6 Å². The highest BCUT2D eigenvalue weighted by Gasteiger charge is 2.30. The summed E-state index contributed by atoms with van der Waals surface area (Å²) < 4.78 is 55.5. The highest BCUT2D eigenvalue weighted by molar-refractivity contribution is 7.82. The minimum absolute atomic E-state index is 0.111. The van der Waals surface area contributed by atoms with Crippen molar-refractivity contribution in [2.75, 3.05) is 12.4 Å². The van der Waals surface area contributed by atoms with Crippen molar-refractivity contribution in [1.29, 1.82) is 0 Å². The van der Waals surface area contributed by atoms with Crippen LogP contribution in [0.3, 0.4) is 0 Å². The summed E-state index contributed by atoms with van der Waals surface area (Å²) in [6.45, 7) is 0. The zero-order chi connectivity index (χ0) is 19.6. The van der Waals surface area contributed by atoms with Crippen molar-refractivity contribution in [2.24, 2.45) is 0 Å². The van der Waals surface area contributed by atoms with Gasteiger partial charge in [-0.3, -0.25) is 0 Å². The smallest absolute Gasteiger partial charge is 0.416 e. The van der Waals surface area contributed by atoms with Gasteiger partial charge in [-0.1, -0.05) is 12.1 Å². The minimum Gasteiger partial charge on any atom is -0.423 e. The van der Waals surface area contributed by atoms with Gasteiger partial charge in [-0.05, 0) is 24.3 Å². The standard InChI is InChI=1S/C16H13F3N4O3S/c1-23(24)27(25)14-7-6-12(8-20-14)22-15-21-9-13(26-15)10-2-4-11(5-3-10)16(17,18)19/h2-9,24H,1H3,(H,21,22). The van der Waals surface area contributed by atoms with Crippen molar-refractivity contribution in [1.82, 2.24) is 14.4 Å². The molecule has 1 aromatic carbocycles. The molecule has 0 fully saturated rings. The summed E-state index contributed by atoms with van der Waals surface area (Å²) in [5.74, 6) is 0.291. The maximum Gasteiger partial charge on any atom is 0.416 e. The molecular formula is C16H13F3N4O3S. The number of benzene rings is 1. The Kier molecular flexibility index (Phi) is 5.26. The first kappa shape index (κ1) is 19.0. The molecule has 1 unspecified atom stereocenters. The van der Waals surface area contributed by atoms with E-state index in [1.807, 2.05) is 0 Å². The van der Waals surface area contributed by atoms with Crippen molar-refractivity contribution >= 4 is 22.7 Å². The van der Waals surface area contributed by atoms with Crippen LogP contribution in [0.15, 0.2) is 58.2 Å². The van der Waals surface area contributed by atoms with E-state index in [0.29, 0.717) is 21.5 Å². The number of oxazole rings is 1.